The number of amides is 1. The van der Waals surface area contributed by atoms with Gasteiger partial charge in [-0.05, 0) is 31.7 Å². The molecule has 1 saturated heterocycles. The lowest BCUT2D eigenvalue weighted by molar-refractivity contribution is 0.0658. The average molecular weight is 315 g/mol. The summed E-state index contributed by atoms with van der Waals surface area (Å²) in [5, 5.41) is 0. The lowest BCUT2D eigenvalue weighted by Crippen LogP contribution is -2.47. The summed E-state index contributed by atoms with van der Waals surface area (Å²) in [4.78, 5) is 16.2. The molecule has 0 saturated carbocycles. The van der Waals surface area contributed by atoms with Crippen molar-refractivity contribution in [1.29, 1.82) is 0 Å². The van der Waals surface area contributed by atoms with E-state index < -0.39 is 5.82 Å². The number of likely N-dealkylation sites (N-methyl/N-ethyl adjacent to an activating group) is 1. The van der Waals surface area contributed by atoms with Crippen molar-refractivity contribution in [2.45, 2.75) is 6.92 Å². The van der Waals surface area contributed by atoms with E-state index in [1.807, 2.05) is 7.05 Å². The lowest BCUT2D eigenvalue weighted by atomic mass is 10.1. The Hall–Kier alpha value is -0.940. The molecule has 0 N–H and O–H groups in total. The molecule has 2 rings (SSSR count). The van der Waals surface area contributed by atoms with Gasteiger partial charge in [0.05, 0.1) is 5.56 Å². The van der Waals surface area contributed by atoms with Gasteiger partial charge in [-0.25, -0.2) is 4.39 Å². The fraction of sp³-hybridized carbons (Fsp3) is 0.462. The molecular weight excluding hydrogens is 299 g/mol. The highest BCUT2D eigenvalue weighted by Gasteiger charge is 2.24. The molecule has 0 unspecified atom stereocenters. The van der Waals surface area contributed by atoms with Crippen LogP contribution in [0.2, 0.25) is 0 Å². The van der Waals surface area contributed by atoms with Crippen molar-refractivity contribution in [3.63, 3.8) is 0 Å². The van der Waals surface area contributed by atoms with Crippen molar-refractivity contribution in [1.82, 2.24) is 9.80 Å². The highest BCUT2D eigenvalue weighted by molar-refractivity contribution is 9.10. The Balaban J connectivity index is 2.26. The average Bonchev–Trinajstić information content (AvgIpc) is 2.35. The fourth-order valence-electron chi connectivity index (χ4n) is 2.08. The summed E-state index contributed by atoms with van der Waals surface area (Å²) in [5.74, 6) is -0.654. The summed E-state index contributed by atoms with van der Waals surface area (Å²) >= 11 is 3.34. The van der Waals surface area contributed by atoms with Gasteiger partial charge in [0.15, 0.2) is 0 Å². The van der Waals surface area contributed by atoms with Crippen LogP contribution >= 0.6 is 15.9 Å². The molecule has 98 valence electrons. The molecule has 3 nitrogen and oxygen atoms in total. The van der Waals surface area contributed by atoms with Crippen molar-refractivity contribution < 1.29 is 9.18 Å². The highest BCUT2D eigenvalue weighted by Crippen LogP contribution is 2.24. The van der Waals surface area contributed by atoms with Crippen LogP contribution in [0.25, 0.3) is 0 Å². The predicted molar refractivity (Wildman–Crippen MR) is 72.2 cm³/mol. The van der Waals surface area contributed by atoms with Crippen molar-refractivity contribution in [2.75, 3.05) is 33.2 Å². The first-order valence-electron chi connectivity index (χ1n) is 5.93. The van der Waals surface area contributed by atoms with Crippen LogP contribution in [0.15, 0.2) is 16.6 Å². The molecule has 18 heavy (non-hydrogen) atoms. The maximum absolute atomic E-state index is 13.8. The largest absolute Gasteiger partial charge is 0.336 e. The summed E-state index contributed by atoms with van der Waals surface area (Å²) in [6.45, 7) is 4.73. The van der Waals surface area contributed by atoms with Gasteiger partial charge in [-0.15, -0.1) is 0 Å². The van der Waals surface area contributed by atoms with Crippen molar-refractivity contribution >= 4 is 21.8 Å². The molecule has 0 atom stereocenters. The zero-order valence-electron chi connectivity index (χ0n) is 10.5. The predicted octanol–water partition coefficient (Wildman–Crippen LogP) is 2.28. The lowest BCUT2D eigenvalue weighted by Gasteiger charge is -2.32. The van der Waals surface area contributed by atoms with E-state index in [0.717, 1.165) is 17.6 Å². The van der Waals surface area contributed by atoms with E-state index in [0.29, 0.717) is 18.7 Å². The van der Waals surface area contributed by atoms with Gasteiger partial charge in [0.2, 0.25) is 0 Å². The van der Waals surface area contributed by atoms with E-state index in [1.165, 1.54) is 6.07 Å². The summed E-state index contributed by atoms with van der Waals surface area (Å²) in [6, 6.07) is 2.96. The van der Waals surface area contributed by atoms with E-state index in [4.69, 9.17) is 0 Å². The fourth-order valence-corrected chi connectivity index (χ4v) is 2.41. The SMILES string of the molecule is Cc1c(Br)ccc(F)c1C(=O)N1CCN(C)CC1. The Kier molecular flexibility index (Phi) is 4.02. The molecule has 0 spiro atoms. The minimum absolute atomic E-state index is 0.189. The van der Waals surface area contributed by atoms with E-state index >= 15 is 0 Å². The number of piperazine rings is 1. The second-order valence-corrected chi connectivity index (χ2v) is 5.48. The zero-order chi connectivity index (χ0) is 13.3. The Morgan fingerprint density at radius 3 is 2.50 bits per heavy atom. The van der Waals surface area contributed by atoms with Crippen LogP contribution in [0.4, 0.5) is 4.39 Å². The first-order chi connectivity index (χ1) is 8.50. The monoisotopic (exact) mass is 314 g/mol. The van der Waals surface area contributed by atoms with Crippen molar-refractivity contribution in [3.05, 3.63) is 33.5 Å². The van der Waals surface area contributed by atoms with Gasteiger partial charge in [0.1, 0.15) is 5.82 Å². The topological polar surface area (TPSA) is 23.6 Å². The highest BCUT2D eigenvalue weighted by atomic mass is 79.9. The second kappa shape index (κ2) is 5.36. The maximum atomic E-state index is 13.8. The summed E-state index contributed by atoms with van der Waals surface area (Å²) in [6.07, 6.45) is 0. The minimum Gasteiger partial charge on any atom is -0.336 e. The van der Waals surface area contributed by atoms with Crippen LogP contribution in [0.3, 0.4) is 0 Å². The molecule has 0 aliphatic carbocycles. The Morgan fingerprint density at radius 1 is 1.28 bits per heavy atom. The number of carbonyl (C=O) groups excluding carboxylic acids is 1. The smallest absolute Gasteiger partial charge is 0.257 e. The van der Waals surface area contributed by atoms with E-state index in [1.54, 1.807) is 17.9 Å². The Bertz CT molecular complexity index is 470. The van der Waals surface area contributed by atoms with Gasteiger partial charge < -0.3 is 9.80 Å². The number of carbonyl (C=O) groups is 1. The van der Waals surface area contributed by atoms with Crippen molar-refractivity contribution in [2.24, 2.45) is 0 Å². The van der Waals surface area contributed by atoms with Gasteiger partial charge in [0.25, 0.3) is 5.91 Å². The van der Waals surface area contributed by atoms with Gasteiger partial charge in [-0.3, -0.25) is 4.79 Å². The number of benzene rings is 1. The van der Waals surface area contributed by atoms with Gasteiger partial charge in [-0.2, -0.15) is 0 Å². The summed E-state index contributed by atoms with van der Waals surface area (Å²) < 4.78 is 14.6. The second-order valence-electron chi connectivity index (χ2n) is 4.62. The van der Waals surface area contributed by atoms with Crippen LogP contribution in [-0.2, 0) is 0 Å². The Morgan fingerprint density at radius 2 is 1.89 bits per heavy atom. The van der Waals surface area contributed by atoms with Crippen LogP contribution in [0.1, 0.15) is 15.9 Å². The number of halogens is 2. The first kappa shape index (κ1) is 13.5. The van der Waals surface area contributed by atoms with E-state index in [-0.39, 0.29) is 11.5 Å². The number of hydrogen-bond acceptors (Lipinski definition) is 2. The molecule has 1 fully saturated rings. The third-order valence-electron chi connectivity index (χ3n) is 3.35. The minimum atomic E-state index is -0.445. The van der Waals surface area contributed by atoms with Crippen LogP contribution in [0, 0.1) is 12.7 Å². The normalized spacial score (nSPS) is 17.0. The molecule has 1 aromatic rings. The zero-order valence-corrected chi connectivity index (χ0v) is 12.1. The van der Waals surface area contributed by atoms with Crippen LogP contribution < -0.4 is 0 Å². The van der Waals surface area contributed by atoms with Gasteiger partial charge >= 0.3 is 0 Å². The quantitative estimate of drug-likeness (QED) is 0.794. The third-order valence-corrected chi connectivity index (χ3v) is 4.21. The molecule has 1 amide bonds. The molecular formula is C13H16BrFN2O. The summed E-state index contributed by atoms with van der Waals surface area (Å²) in [5.41, 5.74) is 0.854. The molecule has 1 aromatic carbocycles. The maximum Gasteiger partial charge on any atom is 0.257 e. The Labute approximate surface area is 115 Å². The molecule has 0 aromatic heterocycles. The van der Waals surface area contributed by atoms with Gasteiger partial charge in [0, 0.05) is 30.7 Å². The van der Waals surface area contributed by atoms with Crippen molar-refractivity contribution in [3.8, 4) is 0 Å². The standard InChI is InChI=1S/C13H16BrFN2O/c1-9-10(14)3-4-11(15)12(9)13(18)17-7-5-16(2)6-8-17/h3-4H,5-8H2,1-2H3. The van der Waals surface area contributed by atoms with Crippen LogP contribution in [0.5, 0.6) is 0 Å². The number of hydrogen-bond donors (Lipinski definition) is 0. The van der Waals surface area contributed by atoms with E-state index in [9.17, 15) is 9.18 Å². The third kappa shape index (κ3) is 2.57. The molecule has 0 radical (unpaired) electrons. The molecule has 1 heterocycles. The number of nitrogens with zero attached hydrogens (tertiary/aromatic N) is 2. The molecule has 0 bridgehead atoms. The van der Waals surface area contributed by atoms with Crippen LogP contribution in [-0.4, -0.2) is 48.9 Å². The number of rotatable bonds is 1. The molecule has 1 aliphatic rings. The van der Waals surface area contributed by atoms with Gasteiger partial charge in [-0.1, -0.05) is 15.9 Å². The summed E-state index contributed by atoms with van der Waals surface area (Å²) in [7, 11) is 2.02. The molecule has 1 aliphatic heterocycles. The first-order valence-corrected chi connectivity index (χ1v) is 6.72. The molecule has 5 heteroatoms. The van der Waals surface area contributed by atoms with E-state index in [2.05, 4.69) is 20.8 Å².